The van der Waals surface area contributed by atoms with Gasteiger partial charge in [0.05, 0.1) is 0 Å². The van der Waals surface area contributed by atoms with E-state index < -0.39 is 5.91 Å². The number of hydrogen-bond donors (Lipinski definition) is 2. The zero-order valence-electron chi connectivity index (χ0n) is 10.1. The highest BCUT2D eigenvalue weighted by molar-refractivity contribution is 9.10. The first-order valence-electron chi connectivity index (χ1n) is 5.63. The molecule has 0 bridgehead atoms. The molecule has 1 amide bonds. The minimum absolute atomic E-state index is 0.370. The highest BCUT2D eigenvalue weighted by Crippen LogP contribution is 2.20. The van der Waals surface area contributed by atoms with Crippen LogP contribution in [0.3, 0.4) is 0 Å². The molecule has 0 aliphatic heterocycles. The molecule has 0 fully saturated rings. The van der Waals surface area contributed by atoms with Gasteiger partial charge < -0.3 is 16.2 Å². The molecule has 0 radical (unpaired) electrons. The summed E-state index contributed by atoms with van der Waals surface area (Å²) in [6.45, 7) is 0.370. The van der Waals surface area contributed by atoms with Crippen molar-refractivity contribution in [2.75, 3.05) is 5.73 Å². The van der Waals surface area contributed by atoms with Crippen molar-refractivity contribution in [1.82, 2.24) is 0 Å². The van der Waals surface area contributed by atoms with Crippen LogP contribution in [0.15, 0.2) is 46.9 Å². The first-order chi connectivity index (χ1) is 9.06. The van der Waals surface area contributed by atoms with Crippen LogP contribution in [-0.4, -0.2) is 5.91 Å². The summed E-state index contributed by atoms with van der Waals surface area (Å²) in [6.07, 6.45) is 0. The van der Waals surface area contributed by atoms with E-state index in [0.717, 1.165) is 10.0 Å². The fraction of sp³-hybridized carbons (Fsp3) is 0.0714. The van der Waals surface area contributed by atoms with E-state index in [-0.39, 0.29) is 0 Å². The van der Waals surface area contributed by atoms with E-state index in [1.165, 1.54) is 0 Å². The lowest BCUT2D eigenvalue weighted by Gasteiger charge is -2.09. The maximum Gasteiger partial charge on any atom is 0.248 e. The SMILES string of the molecule is NC(=O)c1ccc(OCc2ccc(Br)cc2N)cc1. The predicted molar refractivity (Wildman–Crippen MR) is 77.8 cm³/mol. The highest BCUT2D eigenvalue weighted by Gasteiger charge is 2.03. The number of halogens is 1. The van der Waals surface area contributed by atoms with E-state index in [2.05, 4.69) is 15.9 Å². The molecule has 0 aliphatic rings. The molecule has 0 aliphatic carbocycles. The second-order valence-electron chi connectivity index (χ2n) is 4.02. The number of ether oxygens (including phenoxy) is 1. The molecule has 4 N–H and O–H groups in total. The molecule has 0 atom stereocenters. The van der Waals surface area contributed by atoms with Gasteiger partial charge in [0.15, 0.2) is 0 Å². The Bertz CT molecular complexity index is 597. The Morgan fingerprint density at radius 3 is 2.42 bits per heavy atom. The third-order valence-corrected chi connectivity index (χ3v) is 3.13. The number of nitrogen functional groups attached to an aromatic ring is 1. The maximum atomic E-state index is 10.9. The van der Waals surface area contributed by atoms with Crippen LogP contribution in [0.4, 0.5) is 5.69 Å². The smallest absolute Gasteiger partial charge is 0.248 e. The molecule has 98 valence electrons. The normalized spacial score (nSPS) is 10.2. The molecule has 0 aromatic heterocycles. The second kappa shape index (κ2) is 5.75. The molecule has 5 heteroatoms. The van der Waals surface area contributed by atoms with E-state index in [4.69, 9.17) is 16.2 Å². The molecule has 4 nitrogen and oxygen atoms in total. The van der Waals surface area contributed by atoms with Crippen molar-refractivity contribution in [2.24, 2.45) is 5.73 Å². The Balaban J connectivity index is 2.04. The largest absolute Gasteiger partial charge is 0.489 e. The van der Waals surface area contributed by atoms with Crippen LogP contribution in [0.1, 0.15) is 15.9 Å². The number of carbonyl (C=O) groups is 1. The lowest BCUT2D eigenvalue weighted by Crippen LogP contribution is -2.10. The second-order valence-corrected chi connectivity index (χ2v) is 4.94. The molecular formula is C14H13BrN2O2. The van der Waals surface area contributed by atoms with Crippen LogP contribution in [0.5, 0.6) is 5.75 Å². The van der Waals surface area contributed by atoms with E-state index in [1.54, 1.807) is 24.3 Å². The summed E-state index contributed by atoms with van der Waals surface area (Å²) >= 11 is 3.35. The number of hydrogen-bond acceptors (Lipinski definition) is 3. The Kier molecular flexibility index (Phi) is 4.06. The van der Waals surface area contributed by atoms with Gasteiger partial charge in [-0.1, -0.05) is 22.0 Å². The summed E-state index contributed by atoms with van der Waals surface area (Å²) in [5, 5.41) is 0. The van der Waals surface area contributed by atoms with Crippen LogP contribution >= 0.6 is 15.9 Å². The van der Waals surface area contributed by atoms with Gasteiger partial charge in [0, 0.05) is 21.3 Å². The van der Waals surface area contributed by atoms with Crippen molar-refractivity contribution in [3.05, 3.63) is 58.1 Å². The number of nitrogens with two attached hydrogens (primary N) is 2. The monoisotopic (exact) mass is 320 g/mol. The average molecular weight is 321 g/mol. The Morgan fingerprint density at radius 1 is 1.16 bits per heavy atom. The molecule has 2 aromatic rings. The lowest BCUT2D eigenvalue weighted by atomic mass is 10.2. The quantitative estimate of drug-likeness (QED) is 0.850. The number of carbonyl (C=O) groups excluding carboxylic acids is 1. The van der Waals surface area contributed by atoms with Crippen molar-refractivity contribution < 1.29 is 9.53 Å². The third kappa shape index (κ3) is 3.48. The number of primary amides is 1. The van der Waals surface area contributed by atoms with Crippen molar-refractivity contribution in [2.45, 2.75) is 6.61 Å². The summed E-state index contributed by atoms with van der Waals surface area (Å²) in [4.78, 5) is 10.9. The van der Waals surface area contributed by atoms with Gasteiger partial charge in [-0.05, 0) is 36.4 Å². The first-order valence-corrected chi connectivity index (χ1v) is 6.42. The molecule has 0 spiro atoms. The van der Waals surface area contributed by atoms with E-state index in [1.807, 2.05) is 18.2 Å². The zero-order valence-corrected chi connectivity index (χ0v) is 11.7. The van der Waals surface area contributed by atoms with Gasteiger partial charge >= 0.3 is 0 Å². The van der Waals surface area contributed by atoms with Crippen LogP contribution in [0.2, 0.25) is 0 Å². The van der Waals surface area contributed by atoms with Crippen LogP contribution in [-0.2, 0) is 6.61 Å². The van der Waals surface area contributed by atoms with Crippen LogP contribution in [0.25, 0.3) is 0 Å². The first kappa shape index (κ1) is 13.4. The predicted octanol–water partition coefficient (Wildman–Crippen LogP) is 2.71. The molecule has 0 unspecified atom stereocenters. The molecule has 0 saturated carbocycles. The van der Waals surface area contributed by atoms with Crippen molar-refractivity contribution >= 4 is 27.5 Å². The number of anilines is 1. The molecular weight excluding hydrogens is 308 g/mol. The Morgan fingerprint density at radius 2 is 1.84 bits per heavy atom. The molecule has 0 heterocycles. The fourth-order valence-corrected chi connectivity index (χ4v) is 1.95. The van der Waals surface area contributed by atoms with Gasteiger partial charge in [0.25, 0.3) is 0 Å². The Hall–Kier alpha value is -2.01. The van der Waals surface area contributed by atoms with Crippen LogP contribution in [0, 0.1) is 0 Å². The van der Waals surface area contributed by atoms with Gasteiger partial charge in [-0.2, -0.15) is 0 Å². The number of benzene rings is 2. The third-order valence-electron chi connectivity index (χ3n) is 2.64. The van der Waals surface area contributed by atoms with Crippen LogP contribution < -0.4 is 16.2 Å². The van der Waals surface area contributed by atoms with E-state index >= 15 is 0 Å². The van der Waals surface area contributed by atoms with Gasteiger partial charge in [0.1, 0.15) is 12.4 Å². The minimum atomic E-state index is -0.455. The fourth-order valence-electron chi connectivity index (χ4n) is 1.57. The lowest BCUT2D eigenvalue weighted by molar-refractivity contribution is 0.100. The summed E-state index contributed by atoms with van der Waals surface area (Å²) in [5.74, 6) is 0.205. The average Bonchev–Trinajstić information content (AvgIpc) is 2.38. The standard InChI is InChI=1S/C14H13BrN2O2/c15-11-4-1-10(13(16)7-11)8-19-12-5-2-9(3-6-12)14(17)18/h1-7H,8,16H2,(H2,17,18). The van der Waals surface area contributed by atoms with Crippen molar-refractivity contribution in [3.63, 3.8) is 0 Å². The van der Waals surface area contributed by atoms with Gasteiger partial charge in [0.2, 0.25) is 5.91 Å². The van der Waals surface area contributed by atoms with Crippen molar-refractivity contribution in [3.8, 4) is 5.75 Å². The minimum Gasteiger partial charge on any atom is -0.489 e. The number of amides is 1. The maximum absolute atomic E-state index is 10.9. The molecule has 19 heavy (non-hydrogen) atoms. The number of rotatable bonds is 4. The van der Waals surface area contributed by atoms with E-state index in [9.17, 15) is 4.79 Å². The Labute approximate surface area is 119 Å². The summed E-state index contributed by atoms with van der Waals surface area (Å²) in [6, 6.07) is 12.3. The zero-order chi connectivity index (χ0) is 13.8. The summed E-state index contributed by atoms with van der Waals surface area (Å²) < 4.78 is 6.53. The molecule has 2 rings (SSSR count). The van der Waals surface area contributed by atoms with Gasteiger partial charge in [-0.25, -0.2) is 0 Å². The highest BCUT2D eigenvalue weighted by atomic mass is 79.9. The summed E-state index contributed by atoms with van der Waals surface area (Å²) in [5.41, 5.74) is 13.1. The summed E-state index contributed by atoms with van der Waals surface area (Å²) in [7, 11) is 0. The van der Waals surface area contributed by atoms with E-state index in [0.29, 0.717) is 23.6 Å². The van der Waals surface area contributed by atoms with Gasteiger partial charge in [-0.15, -0.1) is 0 Å². The van der Waals surface area contributed by atoms with Crippen molar-refractivity contribution in [1.29, 1.82) is 0 Å². The topological polar surface area (TPSA) is 78.3 Å². The molecule has 2 aromatic carbocycles. The van der Waals surface area contributed by atoms with Gasteiger partial charge in [-0.3, -0.25) is 4.79 Å². The molecule has 0 saturated heterocycles.